The first-order valence-corrected chi connectivity index (χ1v) is 6.03. The summed E-state index contributed by atoms with van der Waals surface area (Å²) in [7, 11) is 1.76. The van der Waals surface area contributed by atoms with E-state index in [0.717, 1.165) is 11.4 Å². The molecule has 0 aliphatic carbocycles. The number of hydrogen-bond donors (Lipinski definition) is 0. The third-order valence-electron chi connectivity index (χ3n) is 2.67. The fourth-order valence-electron chi connectivity index (χ4n) is 1.85. The maximum absolute atomic E-state index is 12.1. The Morgan fingerprint density at radius 1 is 1.17 bits per heavy atom. The molecule has 0 fully saturated rings. The lowest BCUT2D eigenvalue weighted by molar-refractivity contribution is -0.121. The second kappa shape index (κ2) is 4.41. The zero-order chi connectivity index (χ0) is 13.3. The molecule has 2 rings (SSSR count). The number of carbonyl (C=O) groups excluding carboxylic acids is 1. The molecule has 0 radical (unpaired) electrons. The lowest BCUT2D eigenvalue weighted by Gasteiger charge is -2.13. The standard InChI is InChI=1S/C15H18N2O/c1-15(2,3)10-12-14(18)17(4)13(16-12)11-8-6-5-7-9-11/h5-10H,1-4H3/b12-10-. The number of carbonyl (C=O) groups is 1. The number of amides is 1. The van der Waals surface area contributed by atoms with Crippen molar-refractivity contribution in [2.24, 2.45) is 10.4 Å². The molecule has 94 valence electrons. The van der Waals surface area contributed by atoms with Gasteiger partial charge in [-0.25, -0.2) is 4.99 Å². The van der Waals surface area contributed by atoms with Crippen molar-refractivity contribution in [3.63, 3.8) is 0 Å². The zero-order valence-electron chi connectivity index (χ0n) is 11.3. The molecule has 1 heterocycles. The van der Waals surface area contributed by atoms with Crippen molar-refractivity contribution in [3.05, 3.63) is 47.7 Å². The highest BCUT2D eigenvalue weighted by Gasteiger charge is 2.28. The monoisotopic (exact) mass is 242 g/mol. The Labute approximate surface area is 108 Å². The van der Waals surface area contributed by atoms with Crippen LogP contribution in [0.1, 0.15) is 26.3 Å². The predicted molar refractivity (Wildman–Crippen MR) is 73.3 cm³/mol. The van der Waals surface area contributed by atoms with Crippen LogP contribution in [0.2, 0.25) is 0 Å². The molecule has 1 amide bonds. The summed E-state index contributed by atoms with van der Waals surface area (Å²) in [4.78, 5) is 18.2. The number of nitrogens with zero attached hydrogens (tertiary/aromatic N) is 2. The second-order valence-electron chi connectivity index (χ2n) is 5.56. The largest absolute Gasteiger partial charge is 0.294 e. The number of amidine groups is 1. The third-order valence-corrected chi connectivity index (χ3v) is 2.67. The molecule has 1 aromatic carbocycles. The molecule has 0 atom stereocenters. The molecule has 1 aliphatic heterocycles. The van der Waals surface area contributed by atoms with Crippen LogP contribution < -0.4 is 0 Å². The van der Waals surface area contributed by atoms with Gasteiger partial charge in [-0.15, -0.1) is 0 Å². The molecule has 0 aromatic heterocycles. The van der Waals surface area contributed by atoms with E-state index in [1.807, 2.05) is 36.4 Å². The van der Waals surface area contributed by atoms with Gasteiger partial charge in [0.15, 0.2) is 0 Å². The van der Waals surface area contributed by atoms with Gasteiger partial charge in [0, 0.05) is 12.6 Å². The van der Waals surface area contributed by atoms with Crippen molar-refractivity contribution >= 4 is 11.7 Å². The fourth-order valence-corrected chi connectivity index (χ4v) is 1.85. The summed E-state index contributed by atoms with van der Waals surface area (Å²) in [6.07, 6.45) is 1.92. The van der Waals surface area contributed by atoms with E-state index in [9.17, 15) is 4.79 Å². The Balaban J connectivity index is 2.42. The Morgan fingerprint density at radius 3 is 2.33 bits per heavy atom. The normalized spacial score (nSPS) is 18.4. The quantitative estimate of drug-likeness (QED) is 0.697. The first-order valence-electron chi connectivity index (χ1n) is 6.03. The SMILES string of the molecule is CN1C(=O)/C(=C/C(C)(C)C)N=C1c1ccccc1. The number of rotatable bonds is 1. The molecule has 1 aliphatic rings. The van der Waals surface area contributed by atoms with Gasteiger partial charge in [-0.1, -0.05) is 51.1 Å². The number of benzene rings is 1. The first-order chi connectivity index (χ1) is 8.38. The third kappa shape index (κ3) is 2.50. The highest BCUT2D eigenvalue weighted by molar-refractivity contribution is 6.18. The van der Waals surface area contributed by atoms with Crippen LogP contribution in [0, 0.1) is 5.41 Å². The molecule has 0 N–H and O–H groups in total. The molecular weight excluding hydrogens is 224 g/mol. The Bertz CT molecular complexity index is 521. The minimum atomic E-state index is -0.0541. The van der Waals surface area contributed by atoms with E-state index in [4.69, 9.17) is 0 Å². The van der Waals surface area contributed by atoms with Crippen molar-refractivity contribution in [2.45, 2.75) is 20.8 Å². The second-order valence-corrected chi connectivity index (χ2v) is 5.56. The first kappa shape index (κ1) is 12.6. The smallest absolute Gasteiger partial charge is 0.277 e. The van der Waals surface area contributed by atoms with Crippen LogP contribution in [0.25, 0.3) is 0 Å². The molecule has 0 unspecified atom stereocenters. The summed E-state index contributed by atoms with van der Waals surface area (Å²) < 4.78 is 0. The van der Waals surface area contributed by atoms with E-state index < -0.39 is 0 Å². The lowest BCUT2D eigenvalue weighted by Crippen LogP contribution is -2.28. The summed E-state index contributed by atoms with van der Waals surface area (Å²) in [6.45, 7) is 6.18. The Hall–Kier alpha value is -1.90. The van der Waals surface area contributed by atoms with E-state index >= 15 is 0 Å². The van der Waals surface area contributed by atoms with E-state index in [2.05, 4.69) is 25.8 Å². The number of hydrogen-bond acceptors (Lipinski definition) is 2. The molecule has 3 heteroatoms. The molecule has 1 aromatic rings. The van der Waals surface area contributed by atoms with Crippen molar-refractivity contribution in [1.29, 1.82) is 0 Å². The van der Waals surface area contributed by atoms with Crippen molar-refractivity contribution in [1.82, 2.24) is 4.90 Å². The lowest BCUT2D eigenvalue weighted by atomic mass is 9.95. The van der Waals surface area contributed by atoms with Crippen molar-refractivity contribution < 1.29 is 4.79 Å². The molecule has 0 spiro atoms. The van der Waals surface area contributed by atoms with Crippen LogP contribution in [0.15, 0.2) is 47.1 Å². The number of likely N-dealkylation sites (N-methyl/N-ethyl adjacent to an activating group) is 1. The minimum Gasteiger partial charge on any atom is -0.294 e. The zero-order valence-corrected chi connectivity index (χ0v) is 11.3. The van der Waals surface area contributed by atoms with Gasteiger partial charge in [0.1, 0.15) is 11.5 Å². The molecule has 0 saturated heterocycles. The van der Waals surface area contributed by atoms with Gasteiger partial charge in [-0.05, 0) is 11.5 Å². The summed E-state index contributed by atoms with van der Waals surface area (Å²) in [5.74, 6) is 0.680. The van der Waals surface area contributed by atoms with Gasteiger partial charge in [0.2, 0.25) is 0 Å². The topological polar surface area (TPSA) is 32.7 Å². The molecule has 0 saturated carbocycles. The summed E-state index contributed by atoms with van der Waals surface area (Å²) in [6, 6.07) is 9.77. The Kier molecular flexibility index (Phi) is 3.07. The summed E-state index contributed by atoms with van der Waals surface area (Å²) in [5.41, 5.74) is 1.44. The van der Waals surface area contributed by atoms with Gasteiger partial charge >= 0.3 is 0 Å². The predicted octanol–water partition coefficient (Wildman–Crippen LogP) is 2.84. The fraction of sp³-hybridized carbons (Fsp3) is 0.333. The molecule has 3 nitrogen and oxygen atoms in total. The maximum atomic E-state index is 12.1. The van der Waals surface area contributed by atoms with Crippen LogP contribution >= 0.6 is 0 Å². The van der Waals surface area contributed by atoms with Gasteiger partial charge in [0.05, 0.1) is 0 Å². The Morgan fingerprint density at radius 2 is 1.78 bits per heavy atom. The van der Waals surface area contributed by atoms with E-state index in [1.165, 1.54) is 0 Å². The molecule has 0 bridgehead atoms. The average Bonchev–Trinajstić information content (AvgIpc) is 2.57. The van der Waals surface area contributed by atoms with E-state index in [1.54, 1.807) is 11.9 Å². The van der Waals surface area contributed by atoms with Crippen LogP contribution in [-0.4, -0.2) is 23.7 Å². The van der Waals surface area contributed by atoms with E-state index in [-0.39, 0.29) is 11.3 Å². The van der Waals surface area contributed by atoms with Gasteiger partial charge < -0.3 is 0 Å². The van der Waals surface area contributed by atoms with Crippen molar-refractivity contribution in [3.8, 4) is 0 Å². The van der Waals surface area contributed by atoms with Gasteiger partial charge in [0.25, 0.3) is 5.91 Å². The van der Waals surface area contributed by atoms with Crippen LogP contribution in [0.5, 0.6) is 0 Å². The maximum Gasteiger partial charge on any atom is 0.277 e. The number of aliphatic imine (C=N–C) groups is 1. The van der Waals surface area contributed by atoms with Gasteiger partial charge in [-0.3, -0.25) is 9.69 Å². The summed E-state index contributed by atoms with van der Waals surface area (Å²) >= 11 is 0. The highest BCUT2D eigenvalue weighted by atomic mass is 16.2. The number of allylic oxidation sites excluding steroid dienone is 1. The van der Waals surface area contributed by atoms with Crippen LogP contribution in [0.4, 0.5) is 0 Å². The average molecular weight is 242 g/mol. The van der Waals surface area contributed by atoms with Crippen molar-refractivity contribution in [2.75, 3.05) is 7.05 Å². The minimum absolute atomic E-state index is 0.0382. The van der Waals surface area contributed by atoms with Gasteiger partial charge in [-0.2, -0.15) is 0 Å². The highest BCUT2D eigenvalue weighted by Crippen LogP contribution is 2.24. The van der Waals surface area contributed by atoms with Crippen LogP contribution in [0.3, 0.4) is 0 Å². The molecular formula is C15H18N2O. The molecule has 18 heavy (non-hydrogen) atoms. The van der Waals surface area contributed by atoms with E-state index in [0.29, 0.717) is 5.70 Å². The van der Waals surface area contributed by atoms with Crippen LogP contribution in [-0.2, 0) is 4.79 Å². The summed E-state index contributed by atoms with van der Waals surface area (Å²) in [5, 5.41) is 0.